The maximum absolute atomic E-state index is 13.2. The maximum atomic E-state index is 13.2. The van der Waals surface area contributed by atoms with Crippen molar-refractivity contribution in [3.63, 3.8) is 0 Å². The first-order chi connectivity index (χ1) is 8.06. The highest BCUT2D eigenvalue weighted by atomic mass is 19.1. The Balaban J connectivity index is 2.35. The van der Waals surface area contributed by atoms with Gasteiger partial charge in [0.15, 0.2) is 0 Å². The summed E-state index contributed by atoms with van der Waals surface area (Å²) in [4.78, 5) is 13.1. The minimum atomic E-state index is -0.685. The molecule has 5 nitrogen and oxygen atoms in total. The number of aromatic amines is 1. The summed E-state index contributed by atoms with van der Waals surface area (Å²) in [6.45, 7) is 0. The van der Waals surface area contributed by atoms with Crippen molar-refractivity contribution in [2.24, 2.45) is 5.10 Å². The minimum Gasteiger partial charge on any atom is -0.493 e. The van der Waals surface area contributed by atoms with Gasteiger partial charge in [-0.15, -0.1) is 0 Å². The Hall–Kier alpha value is -2.44. The molecule has 1 heterocycles. The molecule has 7 heteroatoms. The summed E-state index contributed by atoms with van der Waals surface area (Å²) in [5.41, 5.74) is -0.784. The fraction of sp³-hybridized carbons (Fsp3) is 0. The number of imidazole rings is 1. The third kappa shape index (κ3) is 2.39. The number of hydrogen-bond acceptors (Lipinski definition) is 3. The minimum absolute atomic E-state index is 0.0995. The number of aromatic nitrogens is 2. The summed E-state index contributed by atoms with van der Waals surface area (Å²) in [5, 5.41) is 12.5. The van der Waals surface area contributed by atoms with E-state index in [0.29, 0.717) is 0 Å². The van der Waals surface area contributed by atoms with Gasteiger partial charge in [-0.2, -0.15) is 9.78 Å². The molecule has 2 aromatic rings. The van der Waals surface area contributed by atoms with Crippen LogP contribution in [0.15, 0.2) is 34.3 Å². The molecule has 0 aliphatic carbocycles. The summed E-state index contributed by atoms with van der Waals surface area (Å²) in [6.07, 6.45) is 1.99. The molecular weight excluding hydrogens is 232 g/mol. The van der Waals surface area contributed by atoms with E-state index in [2.05, 4.69) is 10.1 Å². The third-order valence-electron chi connectivity index (χ3n) is 1.97. The predicted octanol–water partition coefficient (Wildman–Crippen LogP) is 1.04. The van der Waals surface area contributed by atoms with Gasteiger partial charge in [-0.05, 0) is 18.2 Å². The first-order valence-corrected chi connectivity index (χ1v) is 4.56. The highest BCUT2D eigenvalue weighted by Gasteiger charge is 2.02. The maximum Gasteiger partial charge on any atom is 0.349 e. The lowest BCUT2D eigenvalue weighted by Gasteiger charge is -1.95. The second-order valence-electron chi connectivity index (χ2n) is 3.20. The molecule has 2 N–H and O–H groups in total. The Kier molecular flexibility index (Phi) is 2.73. The average molecular weight is 239 g/mol. The number of halogens is 2. The molecule has 0 spiro atoms. The van der Waals surface area contributed by atoms with Crippen LogP contribution in [0.25, 0.3) is 0 Å². The van der Waals surface area contributed by atoms with Crippen LogP contribution in [0.2, 0.25) is 0 Å². The zero-order chi connectivity index (χ0) is 12.4. The van der Waals surface area contributed by atoms with E-state index in [1.807, 2.05) is 0 Å². The lowest BCUT2D eigenvalue weighted by Crippen LogP contribution is -2.12. The lowest BCUT2D eigenvalue weighted by molar-refractivity contribution is 0.455. The molecule has 0 radical (unpaired) electrons. The van der Waals surface area contributed by atoms with Crippen molar-refractivity contribution in [1.29, 1.82) is 0 Å². The largest absolute Gasteiger partial charge is 0.493 e. The SMILES string of the molecule is O=c1[nH]c(O)cn1/N=C/c1cc(F)ccc1F. The second-order valence-corrected chi connectivity index (χ2v) is 3.20. The van der Waals surface area contributed by atoms with Crippen molar-refractivity contribution in [3.8, 4) is 5.88 Å². The van der Waals surface area contributed by atoms with Crippen LogP contribution >= 0.6 is 0 Å². The van der Waals surface area contributed by atoms with Crippen molar-refractivity contribution < 1.29 is 13.9 Å². The highest BCUT2D eigenvalue weighted by molar-refractivity contribution is 5.79. The van der Waals surface area contributed by atoms with Gasteiger partial charge in [-0.1, -0.05) is 0 Å². The quantitative estimate of drug-likeness (QED) is 0.769. The summed E-state index contributed by atoms with van der Waals surface area (Å²) >= 11 is 0. The highest BCUT2D eigenvalue weighted by Crippen LogP contribution is 2.07. The Morgan fingerprint density at radius 3 is 2.82 bits per heavy atom. The van der Waals surface area contributed by atoms with Gasteiger partial charge in [-0.25, -0.2) is 13.6 Å². The second kappa shape index (κ2) is 4.20. The van der Waals surface area contributed by atoms with Crippen LogP contribution in [0.3, 0.4) is 0 Å². The molecule has 17 heavy (non-hydrogen) atoms. The van der Waals surface area contributed by atoms with Crippen LogP contribution in [-0.4, -0.2) is 21.0 Å². The molecule has 88 valence electrons. The molecule has 0 saturated carbocycles. The molecule has 0 unspecified atom stereocenters. The Labute approximate surface area is 93.6 Å². The zero-order valence-electron chi connectivity index (χ0n) is 8.39. The van der Waals surface area contributed by atoms with E-state index in [1.54, 1.807) is 0 Å². The Bertz CT molecular complexity index is 631. The van der Waals surface area contributed by atoms with Gasteiger partial charge in [0.05, 0.1) is 12.4 Å². The fourth-order valence-electron chi connectivity index (χ4n) is 1.20. The molecule has 1 aromatic carbocycles. The van der Waals surface area contributed by atoms with Crippen LogP contribution in [-0.2, 0) is 0 Å². The first-order valence-electron chi connectivity index (χ1n) is 4.56. The van der Waals surface area contributed by atoms with Crippen LogP contribution in [0.1, 0.15) is 5.56 Å². The van der Waals surface area contributed by atoms with E-state index in [4.69, 9.17) is 5.11 Å². The molecule has 0 amide bonds. The topological polar surface area (TPSA) is 70.4 Å². The van der Waals surface area contributed by atoms with Gasteiger partial charge >= 0.3 is 5.69 Å². The molecule has 0 aliphatic heterocycles. The van der Waals surface area contributed by atoms with Crippen molar-refractivity contribution in [2.75, 3.05) is 0 Å². The summed E-state index contributed by atoms with van der Waals surface area (Å²) in [7, 11) is 0. The Morgan fingerprint density at radius 2 is 2.18 bits per heavy atom. The fourth-order valence-corrected chi connectivity index (χ4v) is 1.20. The van der Waals surface area contributed by atoms with E-state index >= 15 is 0 Å². The zero-order valence-corrected chi connectivity index (χ0v) is 8.39. The Morgan fingerprint density at radius 1 is 1.41 bits per heavy atom. The molecule has 1 aromatic heterocycles. The van der Waals surface area contributed by atoms with Crippen molar-refractivity contribution in [3.05, 3.63) is 52.1 Å². The van der Waals surface area contributed by atoms with Crippen molar-refractivity contribution in [1.82, 2.24) is 9.66 Å². The molecular formula is C10H7F2N3O2. The number of aromatic hydroxyl groups is 1. The third-order valence-corrected chi connectivity index (χ3v) is 1.97. The molecule has 0 fully saturated rings. The summed E-state index contributed by atoms with van der Waals surface area (Å²) in [6, 6.07) is 2.87. The van der Waals surface area contributed by atoms with E-state index in [1.165, 1.54) is 0 Å². The average Bonchev–Trinajstić information content (AvgIpc) is 2.59. The van der Waals surface area contributed by atoms with Crippen LogP contribution in [0.4, 0.5) is 8.78 Å². The summed E-state index contributed by atoms with van der Waals surface area (Å²) < 4.78 is 26.8. The number of hydrogen-bond donors (Lipinski definition) is 2. The normalized spacial score (nSPS) is 11.2. The molecule has 0 atom stereocenters. The number of benzene rings is 1. The summed E-state index contributed by atoms with van der Waals surface area (Å²) in [5.74, 6) is -1.65. The van der Waals surface area contributed by atoms with Crippen LogP contribution < -0.4 is 5.69 Å². The molecule has 0 bridgehead atoms. The lowest BCUT2D eigenvalue weighted by atomic mass is 10.2. The smallest absolute Gasteiger partial charge is 0.349 e. The van der Waals surface area contributed by atoms with E-state index in [0.717, 1.165) is 35.3 Å². The first kappa shape index (κ1) is 11.1. The standard InChI is InChI=1S/C10H7F2N3O2/c11-7-1-2-8(12)6(3-7)4-13-15-5-9(16)14-10(15)17/h1-5,16H,(H,14,17)/b13-4+. The molecule has 2 rings (SSSR count). The predicted molar refractivity (Wildman–Crippen MR) is 56.1 cm³/mol. The van der Waals surface area contributed by atoms with Gasteiger partial charge in [0.2, 0.25) is 5.88 Å². The number of rotatable bonds is 2. The van der Waals surface area contributed by atoms with E-state index in [-0.39, 0.29) is 11.4 Å². The molecule has 0 saturated heterocycles. The van der Waals surface area contributed by atoms with Crippen LogP contribution in [0, 0.1) is 11.6 Å². The number of H-pyrrole nitrogens is 1. The number of nitrogens with zero attached hydrogens (tertiary/aromatic N) is 2. The van der Waals surface area contributed by atoms with Gasteiger partial charge in [0, 0.05) is 5.56 Å². The number of nitrogens with one attached hydrogen (secondary N) is 1. The molecule has 0 aliphatic rings. The van der Waals surface area contributed by atoms with Gasteiger partial charge < -0.3 is 5.11 Å². The van der Waals surface area contributed by atoms with Crippen molar-refractivity contribution in [2.45, 2.75) is 0 Å². The van der Waals surface area contributed by atoms with E-state index in [9.17, 15) is 13.6 Å². The monoisotopic (exact) mass is 239 g/mol. The van der Waals surface area contributed by atoms with Gasteiger partial charge in [-0.3, -0.25) is 4.98 Å². The van der Waals surface area contributed by atoms with Gasteiger partial charge in [0.1, 0.15) is 11.6 Å². The van der Waals surface area contributed by atoms with Gasteiger partial charge in [0.25, 0.3) is 0 Å². The van der Waals surface area contributed by atoms with Crippen molar-refractivity contribution >= 4 is 6.21 Å². The van der Waals surface area contributed by atoms with Crippen LogP contribution in [0.5, 0.6) is 5.88 Å². The van der Waals surface area contributed by atoms with E-state index < -0.39 is 17.3 Å².